The first kappa shape index (κ1) is 11.4. The molecule has 2 rings (SSSR count). The molecule has 0 saturated carbocycles. The van der Waals surface area contributed by atoms with Gasteiger partial charge in [-0.05, 0) is 24.3 Å². The molecule has 0 amide bonds. The number of halogens is 2. The van der Waals surface area contributed by atoms with Crippen LogP contribution in [0, 0.1) is 11.6 Å². The van der Waals surface area contributed by atoms with E-state index in [2.05, 4.69) is 0 Å². The van der Waals surface area contributed by atoms with Gasteiger partial charge < -0.3 is 10.5 Å². The second-order valence-corrected chi connectivity index (χ2v) is 3.56. The van der Waals surface area contributed by atoms with Gasteiger partial charge in [0, 0.05) is 11.8 Å². The van der Waals surface area contributed by atoms with Crippen LogP contribution >= 0.6 is 0 Å². The molecule has 2 aromatic carbocycles. The summed E-state index contributed by atoms with van der Waals surface area (Å²) in [6, 6.07) is 10.4. The van der Waals surface area contributed by atoms with Crippen LogP contribution in [-0.4, -0.2) is 0 Å². The molecule has 0 atom stereocenters. The fraction of sp³-hybridized carbons (Fsp3) is 0.0769. The maximum absolute atomic E-state index is 13.3. The average molecular weight is 235 g/mol. The van der Waals surface area contributed by atoms with Crippen LogP contribution in [-0.2, 0) is 6.61 Å². The lowest BCUT2D eigenvalue weighted by molar-refractivity contribution is 0.292. The average Bonchev–Trinajstić information content (AvgIpc) is 2.28. The summed E-state index contributed by atoms with van der Waals surface area (Å²) in [5, 5.41) is 0. The molecule has 17 heavy (non-hydrogen) atoms. The number of rotatable bonds is 3. The molecule has 0 bridgehead atoms. The summed E-state index contributed by atoms with van der Waals surface area (Å²) in [6.07, 6.45) is 0. The number of benzene rings is 2. The first-order valence-corrected chi connectivity index (χ1v) is 5.08. The predicted octanol–water partition coefficient (Wildman–Crippen LogP) is 3.13. The van der Waals surface area contributed by atoms with Crippen molar-refractivity contribution in [3.8, 4) is 5.75 Å². The van der Waals surface area contributed by atoms with Crippen molar-refractivity contribution >= 4 is 5.69 Å². The van der Waals surface area contributed by atoms with E-state index < -0.39 is 11.6 Å². The Labute approximate surface area is 97.6 Å². The van der Waals surface area contributed by atoms with Crippen LogP contribution in [0.2, 0.25) is 0 Å². The maximum atomic E-state index is 13.3. The molecule has 88 valence electrons. The lowest BCUT2D eigenvalue weighted by Crippen LogP contribution is -2.02. The van der Waals surface area contributed by atoms with Gasteiger partial charge in [0.2, 0.25) is 0 Å². The maximum Gasteiger partial charge on any atom is 0.132 e. The van der Waals surface area contributed by atoms with Crippen LogP contribution < -0.4 is 10.5 Å². The summed E-state index contributed by atoms with van der Waals surface area (Å²) in [5.41, 5.74) is 6.01. The first-order valence-electron chi connectivity index (χ1n) is 5.08. The van der Waals surface area contributed by atoms with E-state index in [0.717, 1.165) is 0 Å². The number of ether oxygens (including phenoxy) is 1. The van der Waals surface area contributed by atoms with Crippen molar-refractivity contribution < 1.29 is 13.5 Å². The Hall–Kier alpha value is -2.10. The topological polar surface area (TPSA) is 35.2 Å². The molecule has 0 heterocycles. The smallest absolute Gasteiger partial charge is 0.132 e. The van der Waals surface area contributed by atoms with Gasteiger partial charge in [-0.3, -0.25) is 0 Å². The molecule has 4 heteroatoms. The van der Waals surface area contributed by atoms with Crippen molar-refractivity contribution in [3.63, 3.8) is 0 Å². The van der Waals surface area contributed by atoms with Gasteiger partial charge in [-0.2, -0.15) is 0 Å². The molecular formula is C13H11F2NO. The van der Waals surface area contributed by atoms with E-state index >= 15 is 0 Å². The van der Waals surface area contributed by atoms with Crippen molar-refractivity contribution in [2.45, 2.75) is 6.61 Å². The summed E-state index contributed by atoms with van der Waals surface area (Å²) in [5.74, 6) is -0.754. The Morgan fingerprint density at radius 3 is 2.29 bits per heavy atom. The van der Waals surface area contributed by atoms with Crippen molar-refractivity contribution in [2.24, 2.45) is 0 Å². The van der Waals surface area contributed by atoms with E-state index in [4.69, 9.17) is 10.5 Å². The second-order valence-electron chi connectivity index (χ2n) is 3.56. The van der Waals surface area contributed by atoms with E-state index in [1.54, 1.807) is 24.3 Å². The van der Waals surface area contributed by atoms with Crippen molar-refractivity contribution in [1.29, 1.82) is 0 Å². The third-order valence-corrected chi connectivity index (χ3v) is 2.30. The molecule has 0 aliphatic carbocycles. The van der Waals surface area contributed by atoms with E-state index in [0.29, 0.717) is 11.4 Å². The zero-order valence-corrected chi connectivity index (χ0v) is 8.99. The quantitative estimate of drug-likeness (QED) is 0.829. The number of hydrogen-bond acceptors (Lipinski definition) is 2. The van der Waals surface area contributed by atoms with Crippen LogP contribution in [0.25, 0.3) is 0 Å². The highest BCUT2D eigenvalue weighted by molar-refractivity contribution is 5.43. The SMILES string of the molecule is Nc1cccc(OCc2c(F)cccc2F)c1. The van der Waals surface area contributed by atoms with Gasteiger partial charge in [0.25, 0.3) is 0 Å². The first-order chi connectivity index (χ1) is 8.16. The van der Waals surface area contributed by atoms with E-state index in [1.807, 2.05) is 0 Å². The van der Waals surface area contributed by atoms with Crippen LogP contribution in [0.15, 0.2) is 42.5 Å². The van der Waals surface area contributed by atoms with Crippen molar-refractivity contribution in [2.75, 3.05) is 5.73 Å². The molecule has 0 fully saturated rings. The monoisotopic (exact) mass is 235 g/mol. The Balaban J connectivity index is 2.13. The van der Waals surface area contributed by atoms with E-state index in [1.165, 1.54) is 18.2 Å². The zero-order chi connectivity index (χ0) is 12.3. The summed E-state index contributed by atoms with van der Waals surface area (Å²) in [6.45, 7) is -0.165. The summed E-state index contributed by atoms with van der Waals surface area (Å²) in [7, 11) is 0. The molecular weight excluding hydrogens is 224 g/mol. The van der Waals surface area contributed by atoms with Crippen molar-refractivity contribution in [3.05, 3.63) is 59.7 Å². The molecule has 2 aromatic rings. The van der Waals surface area contributed by atoms with Crippen LogP contribution in [0.5, 0.6) is 5.75 Å². The number of anilines is 1. The van der Waals surface area contributed by atoms with E-state index in [9.17, 15) is 8.78 Å². The minimum atomic E-state index is -0.617. The summed E-state index contributed by atoms with van der Waals surface area (Å²) >= 11 is 0. The largest absolute Gasteiger partial charge is 0.489 e. The van der Waals surface area contributed by atoms with E-state index in [-0.39, 0.29) is 12.2 Å². The molecule has 2 nitrogen and oxygen atoms in total. The standard InChI is InChI=1S/C13H11F2NO/c14-12-5-2-6-13(15)11(12)8-17-10-4-1-3-9(16)7-10/h1-7H,8,16H2. The highest BCUT2D eigenvalue weighted by Gasteiger charge is 2.08. The van der Waals surface area contributed by atoms with Gasteiger partial charge in [0.05, 0.1) is 5.56 Å². The van der Waals surface area contributed by atoms with Gasteiger partial charge in [-0.1, -0.05) is 12.1 Å². The predicted molar refractivity (Wildman–Crippen MR) is 61.5 cm³/mol. The number of nitrogens with two attached hydrogens (primary N) is 1. The highest BCUT2D eigenvalue weighted by atomic mass is 19.1. The molecule has 2 N–H and O–H groups in total. The third kappa shape index (κ3) is 2.72. The molecule has 0 aliphatic heterocycles. The molecule has 0 spiro atoms. The molecule has 0 saturated heterocycles. The molecule has 0 aliphatic rings. The second kappa shape index (κ2) is 4.82. The normalized spacial score (nSPS) is 10.2. The van der Waals surface area contributed by atoms with Crippen LogP contribution in [0.3, 0.4) is 0 Å². The molecule has 0 unspecified atom stereocenters. The Kier molecular flexibility index (Phi) is 3.23. The van der Waals surface area contributed by atoms with Gasteiger partial charge >= 0.3 is 0 Å². The van der Waals surface area contributed by atoms with Gasteiger partial charge in [0.1, 0.15) is 24.0 Å². The minimum Gasteiger partial charge on any atom is -0.489 e. The summed E-state index contributed by atoms with van der Waals surface area (Å²) < 4.78 is 31.9. The lowest BCUT2D eigenvalue weighted by atomic mass is 10.2. The molecule has 0 radical (unpaired) electrons. The Morgan fingerprint density at radius 1 is 1.00 bits per heavy atom. The molecule has 0 aromatic heterocycles. The number of hydrogen-bond donors (Lipinski definition) is 1. The van der Waals surface area contributed by atoms with Crippen molar-refractivity contribution in [1.82, 2.24) is 0 Å². The fourth-order valence-corrected chi connectivity index (χ4v) is 1.43. The van der Waals surface area contributed by atoms with Gasteiger partial charge in [-0.15, -0.1) is 0 Å². The lowest BCUT2D eigenvalue weighted by Gasteiger charge is -2.08. The van der Waals surface area contributed by atoms with Crippen LogP contribution in [0.4, 0.5) is 14.5 Å². The Bertz CT molecular complexity index is 508. The third-order valence-electron chi connectivity index (χ3n) is 2.30. The Morgan fingerprint density at radius 2 is 1.65 bits per heavy atom. The minimum absolute atomic E-state index is 0.0880. The number of nitrogen functional groups attached to an aromatic ring is 1. The van der Waals surface area contributed by atoms with Crippen LogP contribution in [0.1, 0.15) is 5.56 Å². The fourth-order valence-electron chi connectivity index (χ4n) is 1.43. The highest BCUT2D eigenvalue weighted by Crippen LogP contribution is 2.18. The van der Waals surface area contributed by atoms with Gasteiger partial charge in [0.15, 0.2) is 0 Å². The summed E-state index contributed by atoms with van der Waals surface area (Å²) in [4.78, 5) is 0. The zero-order valence-electron chi connectivity index (χ0n) is 8.99. The van der Waals surface area contributed by atoms with Gasteiger partial charge in [-0.25, -0.2) is 8.78 Å².